The number of rotatable bonds is 3. The van der Waals surface area contributed by atoms with Crippen molar-refractivity contribution >= 4 is 0 Å². The van der Waals surface area contributed by atoms with E-state index in [1.54, 1.807) is 0 Å². The molecule has 4 nitrogen and oxygen atoms in total. The first kappa shape index (κ1) is 11.2. The maximum absolute atomic E-state index is 5.75. The lowest BCUT2D eigenvalue weighted by atomic mass is 10.1. The van der Waals surface area contributed by atoms with Crippen LogP contribution in [0.15, 0.2) is 4.42 Å². The van der Waals surface area contributed by atoms with Gasteiger partial charge in [0.05, 0.1) is 6.54 Å². The fourth-order valence-electron chi connectivity index (χ4n) is 3.00. The molecule has 2 fully saturated rings. The van der Waals surface area contributed by atoms with Gasteiger partial charge < -0.3 is 9.73 Å². The Balaban J connectivity index is 1.60. The van der Waals surface area contributed by atoms with Crippen molar-refractivity contribution < 1.29 is 4.42 Å². The fraction of sp³-hybridized carbons (Fsp3) is 0.846. The largest absolute Gasteiger partial charge is 0.424 e. The van der Waals surface area contributed by atoms with Gasteiger partial charge in [-0.05, 0) is 45.4 Å². The Morgan fingerprint density at radius 1 is 1.24 bits per heavy atom. The van der Waals surface area contributed by atoms with Crippen LogP contribution in [0.4, 0.5) is 0 Å². The molecular formula is C13H21N3O. The highest BCUT2D eigenvalue weighted by Gasteiger charge is 2.56. The molecule has 17 heavy (non-hydrogen) atoms. The third-order valence-electron chi connectivity index (χ3n) is 3.94. The Morgan fingerprint density at radius 3 is 2.59 bits per heavy atom. The van der Waals surface area contributed by atoms with Gasteiger partial charge in [0.1, 0.15) is 0 Å². The maximum atomic E-state index is 5.75. The Hall–Kier alpha value is -0.900. The van der Waals surface area contributed by atoms with E-state index in [0.717, 1.165) is 23.6 Å². The Bertz CT molecular complexity index is 397. The van der Waals surface area contributed by atoms with Gasteiger partial charge in [-0.25, -0.2) is 0 Å². The molecule has 1 aromatic rings. The van der Waals surface area contributed by atoms with Crippen LogP contribution in [0, 0.1) is 11.8 Å². The monoisotopic (exact) mass is 235 g/mol. The summed E-state index contributed by atoms with van der Waals surface area (Å²) in [5.41, 5.74) is 0.0880. The smallest absolute Gasteiger partial charge is 0.230 e. The van der Waals surface area contributed by atoms with Crippen molar-refractivity contribution in [2.75, 3.05) is 0 Å². The van der Waals surface area contributed by atoms with Crippen molar-refractivity contribution in [1.29, 1.82) is 0 Å². The average Bonchev–Trinajstić information content (AvgIpc) is 2.73. The minimum atomic E-state index is 0.0880. The lowest BCUT2D eigenvalue weighted by Gasteiger charge is -2.18. The molecule has 0 amide bonds. The summed E-state index contributed by atoms with van der Waals surface area (Å²) in [5, 5.41) is 11.7. The first-order chi connectivity index (χ1) is 8.04. The van der Waals surface area contributed by atoms with Crippen molar-refractivity contribution in [2.24, 2.45) is 11.8 Å². The standard InChI is InChI=1S/C13H21N3O/c1-13(2,3)14-7-10-15-16-12(17-10)11-8-5-4-6-9(8)11/h8-9,11,14H,4-7H2,1-3H3. The normalized spacial score (nSPS) is 31.6. The van der Waals surface area contributed by atoms with Gasteiger partial charge in [-0.15, -0.1) is 10.2 Å². The summed E-state index contributed by atoms with van der Waals surface area (Å²) >= 11 is 0. The van der Waals surface area contributed by atoms with Crippen LogP contribution < -0.4 is 5.32 Å². The molecule has 1 heterocycles. The van der Waals surface area contributed by atoms with Crippen LogP contribution in [0.25, 0.3) is 0 Å². The van der Waals surface area contributed by atoms with E-state index in [-0.39, 0.29) is 5.54 Å². The number of nitrogens with zero attached hydrogens (tertiary/aromatic N) is 2. The van der Waals surface area contributed by atoms with Crippen LogP contribution in [0.3, 0.4) is 0 Å². The van der Waals surface area contributed by atoms with Gasteiger partial charge >= 0.3 is 0 Å². The molecule has 94 valence electrons. The van der Waals surface area contributed by atoms with Gasteiger partial charge in [-0.2, -0.15) is 0 Å². The molecule has 4 heteroatoms. The highest BCUT2D eigenvalue weighted by atomic mass is 16.4. The van der Waals surface area contributed by atoms with E-state index in [9.17, 15) is 0 Å². The Labute approximate surface area is 102 Å². The zero-order chi connectivity index (χ0) is 12.0. The minimum absolute atomic E-state index is 0.0880. The highest BCUT2D eigenvalue weighted by Crippen LogP contribution is 2.62. The fourth-order valence-corrected chi connectivity index (χ4v) is 3.00. The Kier molecular flexibility index (Phi) is 2.51. The topological polar surface area (TPSA) is 51.0 Å². The van der Waals surface area contributed by atoms with Gasteiger partial charge in [0.2, 0.25) is 11.8 Å². The molecule has 0 aliphatic heterocycles. The zero-order valence-electron chi connectivity index (χ0n) is 10.9. The molecule has 1 aromatic heterocycles. The summed E-state index contributed by atoms with van der Waals surface area (Å²) in [7, 11) is 0. The third kappa shape index (κ3) is 2.23. The summed E-state index contributed by atoms with van der Waals surface area (Å²) in [6.07, 6.45) is 4.10. The second kappa shape index (κ2) is 3.80. The van der Waals surface area contributed by atoms with E-state index < -0.39 is 0 Å². The van der Waals surface area contributed by atoms with Gasteiger partial charge in [0.15, 0.2) is 0 Å². The SMILES string of the molecule is CC(C)(C)NCc1nnc(C2C3CCCC32)o1. The molecule has 2 aliphatic carbocycles. The van der Waals surface area contributed by atoms with Gasteiger partial charge in [-0.1, -0.05) is 6.42 Å². The highest BCUT2D eigenvalue weighted by molar-refractivity contribution is 5.15. The molecule has 1 N–H and O–H groups in total. The van der Waals surface area contributed by atoms with E-state index in [1.165, 1.54) is 19.3 Å². The summed E-state index contributed by atoms with van der Waals surface area (Å²) in [6.45, 7) is 7.07. The molecule has 0 saturated heterocycles. The summed E-state index contributed by atoms with van der Waals surface area (Å²) in [6, 6.07) is 0. The molecule has 0 radical (unpaired) electrons. The lowest BCUT2D eigenvalue weighted by Crippen LogP contribution is -2.35. The molecule has 0 aromatic carbocycles. The molecule has 0 bridgehead atoms. The quantitative estimate of drug-likeness (QED) is 0.874. The number of nitrogens with one attached hydrogen (secondary N) is 1. The van der Waals surface area contributed by atoms with Gasteiger partial charge in [0, 0.05) is 11.5 Å². The zero-order valence-corrected chi connectivity index (χ0v) is 10.9. The van der Waals surface area contributed by atoms with Gasteiger partial charge in [0.25, 0.3) is 0 Å². The van der Waals surface area contributed by atoms with Crippen LogP contribution in [0.2, 0.25) is 0 Å². The minimum Gasteiger partial charge on any atom is -0.424 e. The Morgan fingerprint density at radius 2 is 1.94 bits per heavy atom. The van der Waals surface area contributed by atoms with Crippen molar-refractivity contribution in [3.8, 4) is 0 Å². The van der Waals surface area contributed by atoms with Crippen LogP contribution >= 0.6 is 0 Å². The number of hydrogen-bond acceptors (Lipinski definition) is 4. The summed E-state index contributed by atoms with van der Waals surface area (Å²) in [4.78, 5) is 0. The second-order valence-corrected chi connectivity index (χ2v) is 6.42. The number of aromatic nitrogens is 2. The molecular weight excluding hydrogens is 214 g/mol. The van der Waals surface area contributed by atoms with E-state index >= 15 is 0 Å². The number of hydrogen-bond donors (Lipinski definition) is 1. The van der Waals surface area contributed by atoms with Gasteiger partial charge in [-0.3, -0.25) is 0 Å². The van der Waals surface area contributed by atoms with Crippen molar-refractivity contribution in [2.45, 2.75) is 58.0 Å². The number of fused-ring (bicyclic) bond motifs is 1. The molecule has 3 rings (SSSR count). The first-order valence-corrected chi connectivity index (χ1v) is 6.62. The lowest BCUT2D eigenvalue weighted by molar-refractivity contribution is 0.367. The van der Waals surface area contributed by atoms with E-state index in [4.69, 9.17) is 4.42 Å². The van der Waals surface area contributed by atoms with E-state index in [2.05, 4.69) is 36.3 Å². The van der Waals surface area contributed by atoms with E-state index in [1.807, 2.05) is 0 Å². The van der Waals surface area contributed by atoms with Crippen molar-refractivity contribution in [3.05, 3.63) is 11.8 Å². The molecule has 2 aliphatic rings. The molecule has 2 saturated carbocycles. The first-order valence-electron chi connectivity index (χ1n) is 6.62. The molecule has 0 spiro atoms. The predicted octanol–water partition coefficient (Wildman–Crippen LogP) is 2.47. The second-order valence-electron chi connectivity index (χ2n) is 6.42. The van der Waals surface area contributed by atoms with Crippen LogP contribution in [0.5, 0.6) is 0 Å². The van der Waals surface area contributed by atoms with Crippen molar-refractivity contribution in [1.82, 2.24) is 15.5 Å². The summed E-state index contributed by atoms with van der Waals surface area (Å²) < 4.78 is 5.75. The van der Waals surface area contributed by atoms with Crippen molar-refractivity contribution in [3.63, 3.8) is 0 Å². The average molecular weight is 235 g/mol. The van der Waals surface area contributed by atoms with Crippen LogP contribution in [-0.2, 0) is 6.54 Å². The predicted molar refractivity (Wildman–Crippen MR) is 64.5 cm³/mol. The maximum Gasteiger partial charge on any atom is 0.230 e. The van der Waals surface area contributed by atoms with E-state index in [0.29, 0.717) is 12.5 Å². The third-order valence-corrected chi connectivity index (χ3v) is 3.94. The molecule has 2 unspecified atom stereocenters. The van der Waals surface area contributed by atoms with Crippen LogP contribution in [-0.4, -0.2) is 15.7 Å². The summed E-state index contributed by atoms with van der Waals surface area (Å²) in [5.74, 6) is 3.88. The van der Waals surface area contributed by atoms with Crippen LogP contribution in [0.1, 0.15) is 57.7 Å². The molecule has 2 atom stereocenters.